The Kier molecular flexibility index (Phi) is 11.2. The van der Waals surface area contributed by atoms with Crippen LogP contribution < -0.4 is 9.62 Å². The summed E-state index contributed by atoms with van der Waals surface area (Å²) in [7, 11) is -3.77. The van der Waals surface area contributed by atoms with Crippen molar-refractivity contribution in [3.63, 3.8) is 0 Å². The third kappa shape index (κ3) is 8.23. The van der Waals surface area contributed by atoms with Crippen molar-refractivity contribution in [2.45, 2.75) is 65.5 Å². The molecule has 0 fully saturated rings. The summed E-state index contributed by atoms with van der Waals surface area (Å²) < 4.78 is 26.5. The Morgan fingerprint density at radius 3 is 2.19 bits per heavy atom. The first-order valence-corrected chi connectivity index (χ1v) is 14.6. The number of unbranched alkanes of at least 4 members (excludes halogenated alkanes) is 1. The fourth-order valence-electron chi connectivity index (χ4n) is 3.88. The molecule has 198 valence electrons. The fraction of sp³-hybridized carbons (Fsp3) is 0.481. The van der Waals surface area contributed by atoms with E-state index in [4.69, 9.17) is 11.6 Å². The van der Waals surface area contributed by atoms with Gasteiger partial charge in [0.25, 0.3) is 0 Å². The quantitative estimate of drug-likeness (QED) is 0.367. The van der Waals surface area contributed by atoms with Gasteiger partial charge >= 0.3 is 0 Å². The first kappa shape index (κ1) is 29.6. The maximum atomic E-state index is 13.7. The summed E-state index contributed by atoms with van der Waals surface area (Å²) in [6, 6.07) is 13.5. The zero-order chi connectivity index (χ0) is 26.9. The van der Waals surface area contributed by atoms with E-state index in [1.807, 2.05) is 32.0 Å². The summed E-state index contributed by atoms with van der Waals surface area (Å²) >= 11 is 6.37. The third-order valence-electron chi connectivity index (χ3n) is 6.04. The van der Waals surface area contributed by atoms with Gasteiger partial charge in [0.05, 0.1) is 11.9 Å². The predicted molar refractivity (Wildman–Crippen MR) is 147 cm³/mol. The summed E-state index contributed by atoms with van der Waals surface area (Å²) in [4.78, 5) is 28.2. The Bertz CT molecular complexity index is 1120. The number of sulfonamides is 1. The van der Waals surface area contributed by atoms with E-state index < -0.39 is 28.5 Å². The number of anilines is 1. The molecule has 1 N–H and O–H groups in total. The van der Waals surface area contributed by atoms with Crippen LogP contribution in [0.3, 0.4) is 0 Å². The predicted octanol–water partition coefficient (Wildman–Crippen LogP) is 4.95. The number of nitrogens with zero attached hydrogens (tertiary/aromatic N) is 2. The van der Waals surface area contributed by atoms with Gasteiger partial charge < -0.3 is 10.2 Å². The molecule has 2 aromatic carbocycles. The van der Waals surface area contributed by atoms with E-state index >= 15 is 0 Å². The van der Waals surface area contributed by atoms with Crippen LogP contribution in [0.4, 0.5) is 5.69 Å². The molecule has 0 bridgehead atoms. The molecule has 1 atom stereocenters. The molecule has 2 amide bonds. The normalized spacial score (nSPS) is 12.3. The van der Waals surface area contributed by atoms with Crippen molar-refractivity contribution in [2.75, 3.05) is 23.7 Å². The van der Waals surface area contributed by atoms with Crippen LogP contribution in [0.15, 0.2) is 48.5 Å². The monoisotopic (exact) mass is 535 g/mol. The maximum absolute atomic E-state index is 13.7. The zero-order valence-corrected chi connectivity index (χ0v) is 23.4. The molecule has 0 aliphatic carbocycles. The van der Waals surface area contributed by atoms with E-state index in [9.17, 15) is 18.0 Å². The lowest BCUT2D eigenvalue weighted by molar-refractivity contribution is -0.140. The van der Waals surface area contributed by atoms with Gasteiger partial charge in [0.2, 0.25) is 21.8 Å². The number of rotatable bonds is 13. The molecule has 36 heavy (non-hydrogen) atoms. The van der Waals surface area contributed by atoms with Crippen molar-refractivity contribution in [1.29, 1.82) is 0 Å². The smallest absolute Gasteiger partial charge is 0.244 e. The maximum Gasteiger partial charge on any atom is 0.244 e. The van der Waals surface area contributed by atoms with Crippen molar-refractivity contribution < 1.29 is 18.0 Å². The van der Waals surface area contributed by atoms with Gasteiger partial charge in [-0.15, -0.1) is 0 Å². The topological polar surface area (TPSA) is 86.8 Å². The minimum Gasteiger partial charge on any atom is -0.354 e. The number of benzene rings is 2. The first-order chi connectivity index (χ1) is 17.0. The number of hydrogen-bond donors (Lipinski definition) is 1. The van der Waals surface area contributed by atoms with Crippen molar-refractivity contribution >= 4 is 39.1 Å². The highest BCUT2D eigenvalue weighted by atomic mass is 35.5. The van der Waals surface area contributed by atoms with Gasteiger partial charge in [0.1, 0.15) is 12.6 Å². The lowest BCUT2D eigenvalue weighted by Gasteiger charge is -2.33. The van der Waals surface area contributed by atoms with E-state index in [1.54, 1.807) is 30.3 Å². The highest BCUT2D eigenvalue weighted by molar-refractivity contribution is 7.92. The van der Waals surface area contributed by atoms with Gasteiger partial charge in [-0.3, -0.25) is 13.9 Å². The van der Waals surface area contributed by atoms with Crippen LogP contribution >= 0.6 is 11.6 Å². The molecule has 0 saturated carbocycles. The van der Waals surface area contributed by atoms with Gasteiger partial charge in [0, 0.05) is 18.1 Å². The number of hydrogen-bond acceptors (Lipinski definition) is 4. The Hall–Kier alpha value is -2.58. The van der Waals surface area contributed by atoms with Crippen LogP contribution in [0.2, 0.25) is 5.02 Å². The number of nitrogens with one attached hydrogen (secondary N) is 1. The summed E-state index contributed by atoms with van der Waals surface area (Å²) in [5.41, 5.74) is 2.14. The molecule has 9 heteroatoms. The minimum absolute atomic E-state index is 0.0854. The Balaban J connectivity index is 2.41. The second-order valence-electron chi connectivity index (χ2n) is 9.20. The second kappa shape index (κ2) is 13.7. The van der Waals surface area contributed by atoms with E-state index in [2.05, 4.69) is 19.2 Å². The number of carbonyl (C=O) groups excluding carboxylic acids is 2. The summed E-state index contributed by atoms with van der Waals surface area (Å²) in [5, 5.41) is 3.38. The van der Waals surface area contributed by atoms with Crippen LogP contribution in [-0.2, 0) is 26.2 Å². The average molecular weight is 536 g/mol. The molecular formula is C27H38ClN3O4S. The molecule has 0 aliphatic heterocycles. The summed E-state index contributed by atoms with van der Waals surface area (Å²) in [6.45, 7) is 8.13. The molecule has 0 radical (unpaired) electrons. The van der Waals surface area contributed by atoms with E-state index in [1.165, 1.54) is 4.90 Å². The lowest BCUT2D eigenvalue weighted by Crippen LogP contribution is -2.52. The molecular weight excluding hydrogens is 498 g/mol. The molecule has 0 spiro atoms. The van der Waals surface area contributed by atoms with Gasteiger partial charge in [-0.25, -0.2) is 8.42 Å². The molecule has 2 rings (SSSR count). The van der Waals surface area contributed by atoms with Crippen LogP contribution in [0, 0.1) is 0 Å². The van der Waals surface area contributed by atoms with E-state index in [0.717, 1.165) is 29.0 Å². The highest BCUT2D eigenvalue weighted by Gasteiger charge is 2.32. The van der Waals surface area contributed by atoms with Gasteiger partial charge in [0.15, 0.2) is 0 Å². The van der Waals surface area contributed by atoms with Gasteiger partial charge in [-0.1, -0.05) is 76.0 Å². The number of halogens is 1. The number of amides is 2. The van der Waals surface area contributed by atoms with Crippen molar-refractivity contribution in [3.05, 3.63) is 64.7 Å². The van der Waals surface area contributed by atoms with Gasteiger partial charge in [-0.2, -0.15) is 0 Å². The van der Waals surface area contributed by atoms with Crippen LogP contribution in [-0.4, -0.2) is 50.5 Å². The fourth-order valence-corrected chi connectivity index (χ4v) is 4.92. The standard InChI is InChI=1S/C27H38ClN3O4S/c1-6-8-17-29-27(33)25(7-2)30(18-22-11-9-10-12-24(22)28)26(32)19-31(36(5,34)35)23-15-13-21(14-16-23)20(3)4/h9-16,20,25H,6-8,17-19H2,1-5H3,(H,29,33)/t25-/m1/s1. The van der Waals surface area contributed by atoms with Crippen LogP contribution in [0.1, 0.15) is 64.0 Å². The molecule has 0 heterocycles. The van der Waals surface area contributed by atoms with E-state index in [-0.39, 0.29) is 18.4 Å². The molecule has 0 aliphatic rings. The average Bonchev–Trinajstić information content (AvgIpc) is 2.83. The lowest BCUT2D eigenvalue weighted by atomic mass is 10.0. The van der Waals surface area contributed by atoms with E-state index in [0.29, 0.717) is 29.2 Å². The first-order valence-electron chi connectivity index (χ1n) is 12.4. The Labute approximate surface area is 220 Å². The summed E-state index contributed by atoms with van der Waals surface area (Å²) in [6.07, 6.45) is 3.20. The zero-order valence-electron chi connectivity index (χ0n) is 21.8. The highest BCUT2D eigenvalue weighted by Crippen LogP contribution is 2.24. The molecule has 0 saturated heterocycles. The Morgan fingerprint density at radius 2 is 1.67 bits per heavy atom. The molecule has 0 unspecified atom stereocenters. The summed E-state index contributed by atoms with van der Waals surface area (Å²) in [5.74, 6) is -0.459. The number of carbonyl (C=O) groups is 2. The minimum atomic E-state index is -3.77. The molecule has 7 nitrogen and oxygen atoms in total. The molecule has 0 aromatic heterocycles. The third-order valence-corrected chi connectivity index (χ3v) is 7.55. The molecule has 2 aromatic rings. The van der Waals surface area contributed by atoms with Crippen molar-refractivity contribution in [1.82, 2.24) is 10.2 Å². The second-order valence-corrected chi connectivity index (χ2v) is 11.5. The Morgan fingerprint density at radius 1 is 1.03 bits per heavy atom. The van der Waals surface area contributed by atoms with Crippen molar-refractivity contribution in [3.8, 4) is 0 Å². The van der Waals surface area contributed by atoms with Crippen LogP contribution in [0.25, 0.3) is 0 Å². The SMILES string of the molecule is CCCCNC(=O)[C@@H](CC)N(Cc1ccccc1Cl)C(=O)CN(c1ccc(C(C)C)cc1)S(C)(=O)=O. The van der Waals surface area contributed by atoms with Gasteiger partial charge in [-0.05, 0) is 48.1 Å². The van der Waals surface area contributed by atoms with Crippen LogP contribution in [0.5, 0.6) is 0 Å². The van der Waals surface area contributed by atoms with Crippen molar-refractivity contribution in [2.24, 2.45) is 0 Å². The largest absolute Gasteiger partial charge is 0.354 e.